The van der Waals surface area contributed by atoms with Crippen molar-refractivity contribution in [1.29, 1.82) is 0 Å². The minimum absolute atomic E-state index is 0.0655. The Kier molecular flexibility index (Phi) is 3.76. The van der Waals surface area contributed by atoms with Crippen LogP contribution < -0.4 is 0 Å². The topological polar surface area (TPSA) is 58.9 Å². The standard InChI is InChI=1S/C22H36O4/c1-20(2)25-18-13-7-5-6-9-21(13,3)12-8-10-22(4)15(24)11-14(23)17(22)16(12)19(18)26-20/h12-19,23-24H,5-11H2,1-4H3/t12?,13?,14-,15?,16?,17?,18-,19-,21-,22-/m1/s1. The first-order valence-corrected chi connectivity index (χ1v) is 10.9. The van der Waals surface area contributed by atoms with Gasteiger partial charge in [-0.3, -0.25) is 0 Å². The molecule has 0 bridgehead atoms. The van der Waals surface area contributed by atoms with Crippen LogP contribution in [0.5, 0.6) is 0 Å². The Labute approximate surface area is 157 Å². The molecule has 1 saturated heterocycles. The van der Waals surface area contributed by atoms with E-state index in [1.54, 1.807) is 0 Å². The highest BCUT2D eigenvalue weighted by Crippen LogP contribution is 2.68. The van der Waals surface area contributed by atoms with E-state index in [2.05, 4.69) is 13.8 Å². The molecule has 4 nitrogen and oxygen atoms in total. The zero-order valence-corrected chi connectivity index (χ0v) is 16.8. The van der Waals surface area contributed by atoms with E-state index in [1.165, 1.54) is 25.7 Å². The molecule has 1 aliphatic heterocycles. The molecular formula is C22H36O4. The van der Waals surface area contributed by atoms with Gasteiger partial charge in [0.2, 0.25) is 0 Å². The Morgan fingerprint density at radius 1 is 0.808 bits per heavy atom. The van der Waals surface area contributed by atoms with E-state index in [9.17, 15) is 10.2 Å². The van der Waals surface area contributed by atoms with Gasteiger partial charge in [-0.05, 0) is 74.0 Å². The normalized spacial score (nSPS) is 60.7. The molecule has 0 radical (unpaired) electrons. The molecule has 0 aromatic heterocycles. The van der Waals surface area contributed by atoms with Crippen molar-refractivity contribution in [2.75, 3.05) is 0 Å². The van der Waals surface area contributed by atoms with Crippen LogP contribution in [-0.4, -0.2) is 40.4 Å². The molecule has 0 spiro atoms. The molecule has 1 heterocycles. The highest BCUT2D eigenvalue weighted by Gasteiger charge is 2.69. The summed E-state index contributed by atoms with van der Waals surface area (Å²) < 4.78 is 13.1. The van der Waals surface area contributed by atoms with E-state index in [4.69, 9.17) is 9.47 Å². The molecule has 4 heteroatoms. The van der Waals surface area contributed by atoms with Gasteiger partial charge in [0.25, 0.3) is 0 Å². The van der Waals surface area contributed by atoms with Crippen molar-refractivity contribution < 1.29 is 19.7 Å². The van der Waals surface area contributed by atoms with Crippen molar-refractivity contribution >= 4 is 0 Å². The lowest BCUT2D eigenvalue weighted by atomic mass is 9.43. The zero-order valence-electron chi connectivity index (χ0n) is 16.8. The second kappa shape index (κ2) is 5.46. The van der Waals surface area contributed by atoms with Gasteiger partial charge in [0.05, 0.1) is 24.4 Å². The second-order valence-electron chi connectivity index (χ2n) is 11.0. The minimum atomic E-state index is -0.543. The molecule has 5 unspecified atom stereocenters. The van der Waals surface area contributed by atoms with E-state index in [0.29, 0.717) is 24.2 Å². The van der Waals surface area contributed by atoms with Gasteiger partial charge in [0.15, 0.2) is 5.79 Å². The third kappa shape index (κ3) is 2.16. The van der Waals surface area contributed by atoms with Gasteiger partial charge in [0, 0.05) is 6.42 Å². The number of ether oxygens (including phenoxy) is 2. The Morgan fingerprint density at radius 2 is 1.54 bits per heavy atom. The molecule has 5 fully saturated rings. The molecule has 4 saturated carbocycles. The zero-order chi connectivity index (χ0) is 18.5. The Bertz CT molecular complexity index is 591. The summed E-state index contributed by atoms with van der Waals surface area (Å²) in [4.78, 5) is 0. The molecule has 26 heavy (non-hydrogen) atoms. The van der Waals surface area contributed by atoms with Gasteiger partial charge in [-0.1, -0.05) is 26.7 Å². The van der Waals surface area contributed by atoms with Crippen molar-refractivity contribution in [3.8, 4) is 0 Å². The van der Waals surface area contributed by atoms with Crippen LogP contribution in [0.3, 0.4) is 0 Å². The Balaban J connectivity index is 1.61. The maximum Gasteiger partial charge on any atom is 0.163 e. The molecule has 5 aliphatic rings. The van der Waals surface area contributed by atoms with Crippen LogP contribution in [0.4, 0.5) is 0 Å². The summed E-state index contributed by atoms with van der Waals surface area (Å²) in [6.45, 7) is 8.80. The summed E-state index contributed by atoms with van der Waals surface area (Å²) in [7, 11) is 0. The summed E-state index contributed by atoms with van der Waals surface area (Å²) in [5.74, 6) is 1.02. The highest BCUT2D eigenvalue weighted by molar-refractivity contribution is 5.16. The first kappa shape index (κ1) is 17.9. The number of hydrogen-bond donors (Lipinski definition) is 2. The third-order valence-corrected chi connectivity index (χ3v) is 9.39. The molecule has 2 N–H and O–H groups in total. The fraction of sp³-hybridized carbons (Fsp3) is 1.00. The summed E-state index contributed by atoms with van der Waals surface area (Å²) in [6.07, 6.45) is 7.22. The SMILES string of the molecule is CC1(C)O[C@@H]2C3C(CC[C@]4(C)C(O)C[C@@H](O)C34)[C@@]3(C)CCCCC3[C@H]2O1. The Hall–Kier alpha value is -0.160. The predicted molar refractivity (Wildman–Crippen MR) is 98.3 cm³/mol. The maximum atomic E-state index is 11.0. The van der Waals surface area contributed by atoms with Gasteiger partial charge in [-0.2, -0.15) is 0 Å². The van der Waals surface area contributed by atoms with E-state index in [1.807, 2.05) is 13.8 Å². The van der Waals surface area contributed by atoms with Crippen LogP contribution in [0.25, 0.3) is 0 Å². The third-order valence-electron chi connectivity index (χ3n) is 9.39. The van der Waals surface area contributed by atoms with Crippen LogP contribution in [0.2, 0.25) is 0 Å². The van der Waals surface area contributed by atoms with Gasteiger partial charge in [0.1, 0.15) is 0 Å². The Morgan fingerprint density at radius 3 is 2.31 bits per heavy atom. The number of aliphatic hydroxyl groups is 2. The van der Waals surface area contributed by atoms with Gasteiger partial charge >= 0.3 is 0 Å². The van der Waals surface area contributed by atoms with Gasteiger partial charge < -0.3 is 19.7 Å². The number of fused-ring (bicyclic) bond motifs is 8. The van der Waals surface area contributed by atoms with E-state index in [0.717, 1.165) is 12.8 Å². The molecule has 0 aromatic rings. The predicted octanol–water partition coefficient (Wildman–Crippen LogP) is 3.49. The fourth-order valence-electron chi connectivity index (χ4n) is 8.26. The molecule has 4 aliphatic carbocycles. The molecular weight excluding hydrogens is 328 g/mol. The minimum Gasteiger partial charge on any atom is -0.393 e. The molecule has 0 amide bonds. The molecule has 148 valence electrons. The maximum absolute atomic E-state index is 11.0. The van der Waals surface area contributed by atoms with Crippen LogP contribution in [0.1, 0.15) is 72.6 Å². The van der Waals surface area contributed by atoms with Crippen molar-refractivity contribution in [2.45, 2.75) is 103 Å². The van der Waals surface area contributed by atoms with Crippen molar-refractivity contribution in [3.63, 3.8) is 0 Å². The average molecular weight is 365 g/mol. The summed E-state index contributed by atoms with van der Waals surface area (Å²) in [5.41, 5.74) is 0.0988. The largest absolute Gasteiger partial charge is 0.393 e. The van der Waals surface area contributed by atoms with E-state index >= 15 is 0 Å². The molecule has 5 rings (SSSR count). The summed E-state index contributed by atoms with van der Waals surface area (Å²) >= 11 is 0. The monoisotopic (exact) mass is 364 g/mol. The van der Waals surface area contributed by atoms with Crippen LogP contribution in [-0.2, 0) is 9.47 Å². The summed E-state index contributed by atoms with van der Waals surface area (Å²) in [6, 6.07) is 0. The van der Waals surface area contributed by atoms with E-state index < -0.39 is 18.0 Å². The van der Waals surface area contributed by atoms with Gasteiger partial charge in [-0.15, -0.1) is 0 Å². The van der Waals surface area contributed by atoms with E-state index in [-0.39, 0.29) is 29.0 Å². The number of rotatable bonds is 0. The van der Waals surface area contributed by atoms with Crippen molar-refractivity contribution in [2.24, 2.45) is 34.5 Å². The van der Waals surface area contributed by atoms with Crippen LogP contribution in [0.15, 0.2) is 0 Å². The fourth-order valence-corrected chi connectivity index (χ4v) is 8.26. The van der Waals surface area contributed by atoms with Gasteiger partial charge in [-0.25, -0.2) is 0 Å². The lowest BCUT2D eigenvalue weighted by molar-refractivity contribution is -0.193. The average Bonchev–Trinajstić information content (AvgIpc) is 3.00. The quantitative estimate of drug-likeness (QED) is 0.691. The highest BCUT2D eigenvalue weighted by atomic mass is 16.8. The lowest BCUT2D eigenvalue weighted by Crippen LogP contribution is -2.63. The van der Waals surface area contributed by atoms with Crippen molar-refractivity contribution in [1.82, 2.24) is 0 Å². The second-order valence-corrected chi connectivity index (χ2v) is 11.0. The van der Waals surface area contributed by atoms with Crippen molar-refractivity contribution in [3.05, 3.63) is 0 Å². The molecule has 0 aromatic carbocycles. The number of hydrogen-bond acceptors (Lipinski definition) is 4. The first-order chi connectivity index (χ1) is 12.2. The van der Waals surface area contributed by atoms with Crippen LogP contribution >= 0.6 is 0 Å². The molecule has 10 atom stereocenters. The summed E-state index contributed by atoms with van der Waals surface area (Å²) in [5, 5.41) is 21.7. The first-order valence-electron chi connectivity index (χ1n) is 10.9. The smallest absolute Gasteiger partial charge is 0.163 e. The van der Waals surface area contributed by atoms with Crippen LogP contribution in [0, 0.1) is 34.5 Å². The lowest BCUT2D eigenvalue weighted by Gasteiger charge is -2.62. The number of aliphatic hydroxyl groups excluding tert-OH is 2.